The fourth-order valence-electron chi connectivity index (χ4n) is 2.95. The molecule has 0 saturated heterocycles. The second-order valence-corrected chi connectivity index (χ2v) is 6.24. The zero-order valence-electron chi connectivity index (χ0n) is 12.6. The molecule has 0 aromatic heterocycles. The van der Waals surface area contributed by atoms with Crippen LogP contribution in [0.3, 0.4) is 0 Å². The van der Waals surface area contributed by atoms with Gasteiger partial charge in [0.05, 0.1) is 18.1 Å². The summed E-state index contributed by atoms with van der Waals surface area (Å²) in [6.07, 6.45) is 8.53. The van der Waals surface area contributed by atoms with Crippen LogP contribution in [0.1, 0.15) is 58.8 Å². The lowest BCUT2D eigenvalue weighted by molar-refractivity contribution is -0.139. The molecular weight excluding hydrogens is 256 g/mol. The van der Waals surface area contributed by atoms with Gasteiger partial charge in [-0.25, -0.2) is 0 Å². The molecule has 1 aliphatic carbocycles. The molecule has 4 unspecified atom stereocenters. The Balaban J connectivity index is 2.56. The largest absolute Gasteiger partial charge is 0.481 e. The van der Waals surface area contributed by atoms with Crippen molar-refractivity contribution in [3.8, 4) is 0 Å². The molecule has 20 heavy (non-hydrogen) atoms. The van der Waals surface area contributed by atoms with Crippen molar-refractivity contribution < 1.29 is 20.1 Å². The Morgan fingerprint density at radius 1 is 1.35 bits per heavy atom. The SMILES string of the molecule is CCCCCC(C)(O)/C=C/C1CCC(O)C1CC(=O)O. The third-order valence-electron chi connectivity index (χ3n) is 4.24. The molecule has 1 fully saturated rings. The van der Waals surface area contributed by atoms with Gasteiger partial charge in [0, 0.05) is 5.92 Å². The van der Waals surface area contributed by atoms with Gasteiger partial charge in [0.25, 0.3) is 0 Å². The highest BCUT2D eigenvalue weighted by Crippen LogP contribution is 2.36. The monoisotopic (exact) mass is 284 g/mol. The van der Waals surface area contributed by atoms with E-state index in [0.29, 0.717) is 6.42 Å². The predicted octanol–water partition coefficient (Wildman–Crippen LogP) is 2.74. The van der Waals surface area contributed by atoms with Gasteiger partial charge >= 0.3 is 5.97 Å². The van der Waals surface area contributed by atoms with Gasteiger partial charge in [-0.3, -0.25) is 4.79 Å². The first kappa shape index (κ1) is 17.2. The molecule has 3 N–H and O–H groups in total. The van der Waals surface area contributed by atoms with E-state index >= 15 is 0 Å². The summed E-state index contributed by atoms with van der Waals surface area (Å²) in [5.41, 5.74) is -0.837. The van der Waals surface area contributed by atoms with Crippen molar-refractivity contribution in [1.82, 2.24) is 0 Å². The Morgan fingerprint density at radius 3 is 2.65 bits per heavy atom. The van der Waals surface area contributed by atoms with Crippen LogP contribution in [-0.2, 0) is 4.79 Å². The number of allylic oxidation sites excluding steroid dienone is 1. The topological polar surface area (TPSA) is 77.8 Å². The quantitative estimate of drug-likeness (QED) is 0.473. The third kappa shape index (κ3) is 5.63. The molecule has 0 heterocycles. The van der Waals surface area contributed by atoms with E-state index in [2.05, 4.69) is 6.92 Å². The van der Waals surface area contributed by atoms with Crippen LogP contribution >= 0.6 is 0 Å². The molecule has 0 spiro atoms. The molecule has 4 atom stereocenters. The van der Waals surface area contributed by atoms with Crippen molar-refractivity contribution in [3.05, 3.63) is 12.2 Å². The van der Waals surface area contributed by atoms with Gasteiger partial charge < -0.3 is 15.3 Å². The maximum Gasteiger partial charge on any atom is 0.303 e. The molecule has 0 aromatic rings. The Bertz CT molecular complexity index is 335. The average molecular weight is 284 g/mol. The molecule has 0 bridgehead atoms. The van der Waals surface area contributed by atoms with Crippen LogP contribution in [0.5, 0.6) is 0 Å². The van der Waals surface area contributed by atoms with E-state index in [-0.39, 0.29) is 18.3 Å². The minimum Gasteiger partial charge on any atom is -0.481 e. The minimum absolute atomic E-state index is 0.00580. The fourth-order valence-corrected chi connectivity index (χ4v) is 2.95. The number of carbonyl (C=O) groups is 1. The van der Waals surface area contributed by atoms with Gasteiger partial charge in [-0.15, -0.1) is 0 Å². The van der Waals surface area contributed by atoms with Crippen molar-refractivity contribution in [2.75, 3.05) is 0 Å². The Labute approximate surface area is 121 Å². The van der Waals surface area contributed by atoms with Gasteiger partial charge in [-0.1, -0.05) is 38.3 Å². The zero-order valence-corrected chi connectivity index (χ0v) is 12.6. The van der Waals surface area contributed by atoms with Gasteiger partial charge in [0.15, 0.2) is 0 Å². The number of carboxylic acids is 1. The van der Waals surface area contributed by atoms with E-state index in [1.807, 2.05) is 6.08 Å². The zero-order chi connectivity index (χ0) is 15.2. The second kappa shape index (κ2) is 7.79. The summed E-state index contributed by atoms with van der Waals surface area (Å²) in [6.45, 7) is 3.91. The fraction of sp³-hybridized carbons (Fsp3) is 0.812. The molecule has 1 aliphatic rings. The molecule has 116 valence electrons. The van der Waals surface area contributed by atoms with E-state index < -0.39 is 17.7 Å². The number of aliphatic hydroxyl groups is 2. The molecule has 0 radical (unpaired) electrons. The summed E-state index contributed by atoms with van der Waals surface area (Å²) in [4.78, 5) is 10.8. The van der Waals surface area contributed by atoms with Crippen LogP contribution in [0.25, 0.3) is 0 Å². The number of aliphatic hydroxyl groups excluding tert-OH is 1. The Hall–Kier alpha value is -0.870. The summed E-state index contributed by atoms with van der Waals surface area (Å²) in [5.74, 6) is -1.04. The molecule has 0 aliphatic heterocycles. The molecule has 0 amide bonds. The van der Waals surface area contributed by atoms with Crippen LogP contribution in [-0.4, -0.2) is 33.0 Å². The highest BCUT2D eigenvalue weighted by Gasteiger charge is 2.35. The molecule has 1 rings (SSSR count). The van der Waals surface area contributed by atoms with Crippen molar-refractivity contribution in [2.24, 2.45) is 11.8 Å². The van der Waals surface area contributed by atoms with Gasteiger partial charge in [-0.05, 0) is 32.1 Å². The van der Waals surface area contributed by atoms with Crippen molar-refractivity contribution in [1.29, 1.82) is 0 Å². The van der Waals surface area contributed by atoms with E-state index in [1.54, 1.807) is 13.0 Å². The van der Waals surface area contributed by atoms with Crippen LogP contribution < -0.4 is 0 Å². The number of hydrogen-bond donors (Lipinski definition) is 3. The van der Waals surface area contributed by atoms with Crippen LogP contribution in [0.2, 0.25) is 0 Å². The number of rotatable bonds is 8. The van der Waals surface area contributed by atoms with Crippen LogP contribution in [0.4, 0.5) is 0 Å². The van der Waals surface area contributed by atoms with E-state index in [1.165, 1.54) is 0 Å². The van der Waals surface area contributed by atoms with Crippen molar-refractivity contribution in [3.63, 3.8) is 0 Å². The van der Waals surface area contributed by atoms with Gasteiger partial charge in [-0.2, -0.15) is 0 Å². The second-order valence-electron chi connectivity index (χ2n) is 6.24. The van der Waals surface area contributed by atoms with Crippen LogP contribution in [0.15, 0.2) is 12.2 Å². The number of carboxylic acid groups (broad SMARTS) is 1. The number of unbranched alkanes of at least 4 members (excludes halogenated alkanes) is 2. The van der Waals surface area contributed by atoms with E-state index in [4.69, 9.17) is 5.11 Å². The highest BCUT2D eigenvalue weighted by molar-refractivity contribution is 5.67. The molecule has 4 nitrogen and oxygen atoms in total. The highest BCUT2D eigenvalue weighted by atomic mass is 16.4. The van der Waals surface area contributed by atoms with Gasteiger partial charge in [0.2, 0.25) is 0 Å². The predicted molar refractivity (Wildman–Crippen MR) is 78.4 cm³/mol. The van der Waals surface area contributed by atoms with E-state index in [9.17, 15) is 15.0 Å². The minimum atomic E-state index is -0.871. The summed E-state index contributed by atoms with van der Waals surface area (Å²) in [7, 11) is 0. The standard InChI is InChI=1S/C16H28O4/c1-3-4-5-9-16(2,20)10-8-12-6-7-14(17)13(12)11-15(18)19/h8,10,12-14,17,20H,3-7,9,11H2,1-2H3,(H,18,19)/b10-8+. The summed E-state index contributed by atoms with van der Waals surface area (Å²) in [6, 6.07) is 0. The lowest BCUT2D eigenvalue weighted by Gasteiger charge is -2.21. The first-order valence-electron chi connectivity index (χ1n) is 7.67. The molecular formula is C16H28O4. The summed E-state index contributed by atoms with van der Waals surface area (Å²) >= 11 is 0. The summed E-state index contributed by atoms with van der Waals surface area (Å²) < 4.78 is 0. The van der Waals surface area contributed by atoms with E-state index in [0.717, 1.165) is 32.1 Å². The third-order valence-corrected chi connectivity index (χ3v) is 4.24. The molecule has 1 saturated carbocycles. The van der Waals surface area contributed by atoms with Gasteiger partial charge in [0.1, 0.15) is 0 Å². The lowest BCUT2D eigenvalue weighted by atomic mass is 9.89. The maximum atomic E-state index is 10.8. The molecule has 0 aromatic carbocycles. The number of aliphatic carboxylic acids is 1. The Kier molecular flexibility index (Phi) is 6.69. The summed E-state index contributed by atoms with van der Waals surface area (Å²) in [5, 5.41) is 29.0. The maximum absolute atomic E-state index is 10.8. The van der Waals surface area contributed by atoms with Crippen molar-refractivity contribution >= 4 is 5.97 Å². The number of hydrogen-bond acceptors (Lipinski definition) is 3. The first-order chi connectivity index (χ1) is 9.35. The van der Waals surface area contributed by atoms with Crippen LogP contribution in [0, 0.1) is 11.8 Å². The van der Waals surface area contributed by atoms with Crippen molar-refractivity contribution in [2.45, 2.75) is 70.5 Å². The smallest absolute Gasteiger partial charge is 0.303 e. The average Bonchev–Trinajstić information content (AvgIpc) is 2.68. The molecule has 4 heteroatoms. The first-order valence-corrected chi connectivity index (χ1v) is 7.67. The normalized spacial score (nSPS) is 29.7. The Morgan fingerprint density at radius 2 is 2.05 bits per heavy atom. The lowest BCUT2D eigenvalue weighted by Crippen LogP contribution is -2.24.